The summed E-state index contributed by atoms with van der Waals surface area (Å²) in [6, 6.07) is 12.6. The number of H-pyrrole nitrogens is 1. The van der Waals surface area contributed by atoms with Crippen LogP contribution in [-0.2, 0) is 0 Å². The summed E-state index contributed by atoms with van der Waals surface area (Å²) >= 11 is 7.86. The van der Waals surface area contributed by atoms with Crippen molar-refractivity contribution >= 4 is 29.1 Å². The summed E-state index contributed by atoms with van der Waals surface area (Å²) in [7, 11) is 0. The van der Waals surface area contributed by atoms with Gasteiger partial charge >= 0.3 is 0 Å². The quantitative estimate of drug-likeness (QED) is 0.323. The number of tetrazole rings is 1. The smallest absolute Gasteiger partial charge is 0.252 e. The molecule has 0 bridgehead atoms. The van der Waals surface area contributed by atoms with E-state index >= 15 is 4.39 Å². The van der Waals surface area contributed by atoms with Gasteiger partial charge in [-0.2, -0.15) is 4.68 Å². The standard InChI is InChI=1S/C27H20ClFN8OS/c28-14-1-4-21(36-12-32-34-35-36)16(9-14)13-7-22-17-10-18(17)25(37(22)23(38)8-13)27-31-11-20(33-27)15-2-3-19-26(24(15)29)39-6-5-30-19/h1-4,7-9,11-12,17-18,25,30H,5-6,10H2,(H,31,33). The highest BCUT2D eigenvalue weighted by atomic mass is 35.5. The van der Waals surface area contributed by atoms with Gasteiger partial charge in [0.15, 0.2) is 0 Å². The number of nitrogens with zero attached hydrogens (tertiary/aromatic N) is 6. The van der Waals surface area contributed by atoms with E-state index in [1.165, 1.54) is 18.1 Å². The molecule has 39 heavy (non-hydrogen) atoms. The average Bonchev–Trinajstić information content (AvgIpc) is 3.28. The molecule has 1 fully saturated rings. The summed E-state index contributed by atoms with van der Waals surface area (Å²) in [5, 5.41) is 15.3. The molecule has 194 valence electrons. The number of nitrogens with one attached hydrogen (secondary N) is 2. The minimum Gasteiger partial charge on any atom is -0.383 e. The summed E-state index contributed by atoms with van der Waals surface area (Å²) in [4.78, 5) is 22.2. The van der Waals surface area contributed by atoms with Crippen LogP contribution in [0.25, 0.3) is 28.1 Å². The number of aromatic amines is 1. The Balaban J connectivity index is 1.19. The largest absolute Gasteiger partial charge is 0.383 e. The normalized spacial score (nSPS) is 20.7. The van der Waals surface area contributed by atoms with Crippen LogP contribution in [0.5, 0.6) is 0 Å². The summed E-state index contributed by atoms with van der Waals surface area (Å²) in [5.74, 6) is 1.76. The van der Waals surface area contributed by atoms with Gasteiger partial charge in [0, 0.05) is 46.1 Å². The molecule has 1 saturated carbocycles. The third-order valence-corrected chi connectivity index (χ3v) is 9.12. The van der Waals surface area contributed by atoms with Gasteiger partial charge in [-0.1, -0.05) is 11.6 Å². The fourth-order valence-corrected chi connectivity index (χ4v) is 7.09. The van der Waals surface area contributed by atoms with Gasteiger partial charge in [0.05, 0.1) is 34.2 Å². The zero-order valence-corrected chi connectivity index (χ0v) is 21.9. The summed E-state index contributed by atoms with van der Waals surface area (Å²) in [6.07, 6.45) is 4.14. The molecule has 3 aliphatic rings. The molecule has 8 rings (SSSR count). The van der Waals surface area contributed by atoms with Gasteiger partial charge in [-0.05, 0) is 64.7 Å². The molecule has 9 nitrogen and oxygen atoms in total. The third-order valence-electron chi connectivity index (χ3n) is 7.79. The van der Waals surface area contributed by atoms with Gasteiger partial charge in [-0.15, -0.1) is 16.9 Å². The number of pyridine rings is 1. The van der Waals surface area contributed by atoms with E-state index in [4.69, 9.17) is 11.6 Å². The maximum absolute atomic E-state index is 15.4. The first kappa shape index (κ1) is 23.0. The van der Waals surface area contributed by atoms with Crippen molar-refractivity contribution in [2.75, 3.05) is 17.6 Å². The van der Waals surface area contributed by atoms with Crippen LogP contribution < -0.4 is 10.9 Å². The van der Waals surface area contributed by atoms with Gasteiger partial charge in [0.1, 0.15) is 18.0 Å². The number of hydrogen-bond donors (Lipinski definition) is 2. The second-order valence-corrected chi connectivity index (χ2v) is 11.5. The van der Waals surface area contributed by atoms with Crippen molar-refractivity contribution in [1.82, 2.24) is 34.7 Å². The molecule has 2 aliphatic heterocycles. The van der Waals surface area contributed by atoms with Crippen molar-refractivity contribution in [3.63, 3.8) is 0 Å². The first-order valence-electron chi connectivity index (χ1n) is 12.6. The van der Waals surface area contributed by atoms with Crippen molar-refractivity contribution in [1.29, 1.82) is 0 Å². The first-order valence-corrected chi connectivity index (χ1v) is 14.0. The minimum atomic E-state index is -0.252. The van der Waals surface area contributed by atoms with E-state index in [9.17, 15) is 4.79 Å². The molecule has 0 saturated heterocycles. The molecule has 5 aromatic rings. The molecular weight excluding hydrogens is 539 g/mol. The van der Waals surface area contributed by atoms with E-state index in [0.717, 1.165) is 46.9 Å². The van der Waals surface area contributed by atoms with Crippen LogP contribution in [0, 0.1) is 11.7 Å². The average molecular weight is 559 g/mol. The zero-order valence-electron chi connectivity index (χ0n) is 20.3. The number of halogens is 2. The van der Waals surface area contributed by atoms with E-state index in [-0.39, 0.29) is 29.3 Å². The monoisotopic (exact) mass is 558 g/mol. The number of benzene rings is 2. The van der Waals surface area contributed by atoms with E-state index in [0.29, 0.717) is 27.0 Å². The number of imidazole rings is 1. The molecule has 1 aliphatic carbocycles. The topological polar surface area (TPSA) is 106 Å². The lowest BCUT2D eigenvalue weighted by Crippen LogP contribution is -2.26. The molecule has 0 amide bonds. The van der Waals surface area contributed by atoms with Crippen LogP contribution >= 0.6 is 23.4 Å². The van der Waals surface area contributed by atoms with Crippen LogP contribution in [0.4, 0.5) is 10.1 Å². The maximum Gasteiger partial charge on any atom is 0.252 e. The predicted molar refractivity (Wildman–Crippen MR) is 146 cm³/mol. The molecule has 3 atom stereocenters. The number of hydrogen-bond acceptors (Lipinski definition) is 7. The Labute approximate surface area is 230 Å². The Morgan fingerprint density at radius 3 is 2.92 bits per heavy atom. The van der Waals surface area contributed by atoms with Gasteiger partial charge in [-0.3, -0.25) is 4.79 Å². The lowest BCUT2D eigenvalue weighted by Gasteiger charge is -2.19. The molecular formula is C27H20ClFN8OS. The second-order valence-electron chi connectivity index (χ2n) is 10.0. The highest BCUT2D eigenvalue weighted by Gasteiger charge is 2.54. The fraction of sp³-hybridized carbons (Fsp3) is 0.222. The maximum atomic E-state index is 15.4. The van der Waals surface area contributed by atoms with Crippen molar-refractivity contribution in [2.45, 2.75) is 23.3 Å². The lowest BCUT2D eigenvalue weighted by molar-refractivity contribution is 0.514. The molecule has 0 radical (unpaired) electrons. The van der Waals surface area contributed by atoms with Gasteiger partial charge in [0.25, 0.3) is 5.56 Å². The Bertz CT molecular complexity index is 1830. The van der Waals surface area contributed by atoms with E-state index in [1.54, 1.807) is 29.1 Å². The van der Waals surface area contributed by atoms with Crippen molar-refractivity contribution in [3.05, 3.63) is 87.7 Å². The predicted octanol–water partition coefficient (Wildman–Crippen LogP) is 4.90. The van der Waals surface area contributed by atoms with Crippen molar-refractivity contribution in [2.24, 2.45) is 5.92 Å². The number of rotatable bonds is 4. The number of thioether (sulfide) groups is 1. The molecule has 12 heteroatoms. The summed E-state index contributed by atoms with van der Waals surface area (Å²) < 4.78 is 18.8. The first-order chi connectivity index (χ1) is 19.1. The Kier molecular flexibility index (Phi) is 5.02. The zero-order chi connectivity index (χ0) is 26.2. The van der Waals surface area contributed by atoms with Crippen LogP contribution in [0.3, 0.4) is 0 Å². The number of fused-ring (bicyclic) bond motifs is 4. The Morgan fingerprint density at radius 2 is 2.05 bits per heavy atom. The second kappa shape index (κ2) is 8.52. The molecule has 3 unspecified atom stereocenters. The van der Waals surface area contributed by atoms with Gasteiger partial charge < -0.3 is 14.9 Å². The van der Waals surface area contributed by atoms with Gasteiger partial charge in [0.2, 0.25) is 0 Å². The highest BCUT2D eigenvalue weighted by molar-refractivity contribution is 7.99. The molecule has 2 N–H and O–H groups in total. The summed E-state index contributed by atoms with van der Waals surface area (Å²) in [6.45, 7) is 0.820. The van der Waals surface area contributed by atoms with Crippen molar-refractivity contribution < 1.29 is 4.39 Å². The molecule has 2 aromatic carbocycles. The Hall–Kier alpha value is -3.96. The van der Waals surface area contributed by atoms with E-state index < -0.39 is 0 Å². The van der Waals surface area contributed by atoms with Crippen molar-refractivity contribution in [3.8, 4) is 28.1 Å². The van der Waals surface area contributed by atoms with E-state index in [1.807, 2.05) is 22.8 Å². The van der Waals surface area contributed by atoms with Crippen LogP contribution in [-0.4, -0.2) is 47.0 Å². The van der Waals surface area contributed by atoms with Crippen LogP contribution in [0.2, 0.25) is 5.02 Å². The minimum absolute atomic E-state index is 0.122. The molecule has 3 aromatic heterocycles. The third kappa shape index (κ3) is 3.56. The molecule has 0 spiro atoms. The van der Waals surface area contributed by atoms with Crippen LogP contribution in [0.15, 0.2) is 64.7 Å². The Morgan fingerprint density at radius 1 is 1.13 bits per heavy atom. The lowest BCUT2D eigenvalue weighted by atomic mass is 10.0. The summed E-state index contributed by atoms with van der Waals surface area (Å²) in [5.41, 5.74) is 5.01. The van der Waals surface area contributed by atoms with E-state index in [2.05, 4.69) is 36.9 Å². The number of anilines is 1. The van der Waals surface area contributed by atoms with Crippen LogP contribution in [0.1, 0.15) is 29.9 Å². The SMILES string of the molecule is O=c1cc(-c2cc(Cl)ccc2-n2cnnn2)cc2n1C(c1ncc(-c3ccc4c(c3F)SCCN4)[nH]1)C1CC21. The fourth-order valence-electron chi connectivity index (χ4n) is 5.98. The molecule has 5 heterocycles. The highest BCUT2D eigenvalue weighted by Crippen LogP contribution is 2.60. The van der Waals surface area contributed by atoms with Gasteiger partial charge in [-0.25, -0.2) is 9.37 Å². The number of aromatic nitrogens is 7.